The summed E-state index contributed by atoms with van der Waals surface area (Å²) in [4.78, 5) is 81.6. The van der Waals surface area contributed by atoms with Gasteiger partial charge in [0.1, 0.15) is 6.01 Å². The van der Waals surface area contributed by atoms with Crippen molar-refractivity contribution in [3.8, 4) is 0 Å². The average Bonchev–Trinajstić information content (AvgIpc) is 3.16. The first-order chi connectivity index (χ1) is 27.3. The van der Waals surface area contributed by atoms with Crippen LogP contribution in [0.1, 0.15) is 22.3 Å². The number of nitrogens with one attached hydrogen (secondary N) is 7. The van der Waals surface area contributed by atoms with Crippen molar-refractivity contribution in [2.24, 2.45) is 9.98 Å². The van der Waals surface area contributed by atoms with Gasteiger partial charge in [0.15, 0.2) is 0 Å². The molecule has 4 rings (SSSR count). The van der Waals surface area contributed by atoms with Crippen molar-refractivity contribution in [3.05, 3.63) is 95.1 Å². The van der Waals surface area contributed by atoms with Crippen LogP contribution in [0.15, 0.2) is 82.8 Å². The van der Waals surface area contributed by atoms with Gasteiger partial charge in [-0.3, -0.25) is 31.9 Å². The Morgan fingerprint density at radius 3 is 1.40 bits per heavy atom. The van der Waals surface area contributed by atoms with Gasteiger partial charge in [0.25, 0.3) is 0 Å². The lowest BCUT2D eigenvalue weighted by Gasteiger charge is -2.12. The molecule has 0 bridgehead atoms. The van der Waals surface area contributed by atoms with Crippen LogP contribution >= 0.6 is 0 Å². The van der Waals surface area contributed by atoms with Gasteiger partial charge in [-0.05, 0) is 97.8 Å². The minimum Gasteiger partial charge on any atom is -0.453 e. The predicted octanol–water partition coefficient (Wildman–Crippen LogP) is 8.86. The van der Waals surface area contributed by atoms with Gasteiger partial charge in [0.2, 0.25) is 0 Å². The Morgan fingerprint density at radius 2 is 0.930 bits per heavy atom. The maximum absolute atomic E-state index is 12.7. The van der Waals surface area contributed by atoms with Gasteiger partial charge in [-0.2, -0.15) is 9.98 Å². The Balaban J connectivity index is 1.38. The number of anilines is 6. The zero-order chi connectivity index (χ0) is 41.5. The average molecular weight is 780 g/mol. The highest BCUT2D eigenvalue weighted by Crippen LogP contribution is 2.26. The molecule has 0 unspecified atom stereocenters. The third-order valence-corrected chi connectivity index (χ3v) is 7.65. The molecule has 0 saturated carbocycles. The second-order valence-corrected chi connectivity index (χ2v) is 11.7. The molecule has 0 aliphatic carbocycles. The van der Waals surface area contributed by atoms with Gasteiger partial charge in [-0.1, -0.05) is 24.3 Å². The number of ether oxygens (including phenoxy) is 4. The minimum absolute atomic E-state index is 0.143. The third-order valence-electron chi connectivity index (χ3n) is 7.65. The normalized spacial score (nSPS) is 9.98. The summed E-state index contributed by atoms with van der Waals surface area (Å²) in [5, 5.41) is 22.3. The number of aryl methyl sites for hydroxylation is 3. The largest absolute Gasteiger partial charge is 0.453 e. The van der Waals surface area contributed by atoms with E-state index in [0.717, 1.165) is 6.21 Å². The summed E-state index contributed by atoms with van der Waals surface area (Å²) in [6, 6.07) is 21.3. The Morgan fingerprint density at radius 1 is 0.544 bits per heavy atom. The quantitative estimate of drug-likeness (QED) is 0.0457. The summed E-state index contributed by atoms with van der Waals surface area (Å²) in [5.74, 6) is 0. The molecule has 0 atom stereocenters. The number of carbonyl (C=O) groups is 6. The Kier molecular flexibility index (Phi) is 14.5. The van der Waals surface area contributed by atoms with Crippen LogP contribution in [0.5, 0.6) is 0 Å². The van der Waals surface area contributed by atoms with E-state index in [1.54, 1.807) is 69.3 Å². The number of amides is 6. The molecule has 6 amide bonds. The zero-order valence-corrected chi connectivity index (χ0v) is 31.2. The van der Waals surface area contributed by atoms with Crippen LogP contribution in [-0.4, -0.2) is 63.0 Å². The standard InChI is InChI=1S/C38H37N9O10/c1-21-6-10-25(16-29(21)46-37(52)56-35(50)42-27-11-7-22(2)30(18-27)44-33(48)54-4)40-20-41-26-13-9-24(14-15-39)32(17-26)47-38(53)57-36(51)43-28-12-8-23(3)31(19-28)45-34(49)55-5/h6-13,15-19,39H,14H2,1-5H3,(H,42,50)(H,43,51)(H,44,48)(H,45,49)(H,46,52)(H,47,53). The number of hydrogen-bond donors (Lipinski definition) is 7. The molecule has 4 aromatic carbocycles. The van der Waals surface area contributed by atoms with Crippen LogP contribution in [0.4, 0.5) is 74.3 Å². The second-order valence-electron chi connectivity index (χ2n) is 11.7. The first-order valence-electron chi connectivity index (χ1n) is 16.7. The van der Waals surface area contributed by atoms with E-state index in [1.807, 2.05) is 0 Å². The Hall–Kier alpha value is -8.05. The van der Waals surface area contributed by atoms with E-state index in [2.05, 4.69) is 57.4 Å². The molecule has 0 aliphatic rings. The van der Waals surface area contributed by atoms with Crippen LogP contribution < -0.4 is 31.9 Å². The van der Waals surface area contributed by atoms with Crippen molar-refractivity contribution in [1.29, 1.82) is 5.41 Å². The fraction of sp³-hybridized carbons (Fsp3) is 0.158. The number of carbonyl (C=O) groups excluding carboxylic acids is 6. The number of benzene rings is 4. The van der Waals surface area contributed by atoms with Crippen LogP contribution in [0.3, 0.4) is 0 Å². The lowest BCUT2D eigenvalue weighted by Crippen LogP contribution is -2.23. The van der Waals surface area contributed by atoms with E-state index in [-0.39, 0.29) is 29.2 Å². The summed E-state index contributed by atoms with van der Waals surface area (Å²) < 4.78 is 18.9. The van der Waals surface area contributed by atoms with Crippen molar-refractivity contribution in [3.63, 3.8) is 0 Å². The van der Waals surface area contributed by atoms with Gasteiger partial charge in [0, 0.05) is 40.5 Å². The van der Waals surface area contributed by atoms with Gasteiger partial charge >= 0.3 is 36.6 Å². The van der Waals surface area contributed by atoms with Crippen LogP contribution in [-0.2, 0) is 25.4 Å². The predicted molar refractivity (Wildman–Crippen MR) is 212 cm³/mol. The summed E-state index contributed by atoms with van der Waals surface area (Å²) in [5.41, 5.74) is 4.86. The van der Waals surface area contributed by atoms with Crippen molar-refractivity contribution in [2.75, 3.05) is 46.1 Å². The van der Waals surface area contributed by atoms with E-state index in [0.29, 0.717) is 45.0 Å². The van der Waals surface area contributed by atoms with Crippen molar-refractivity contribution in [1.82, 2.24) is 0 Å². The van der Waals surface area contributed by atoms with Crippen LogP contribution in [0, 0.1) is 26.2 Å². The summed E-state index contributed by atoms with van der Waals surface area (Å²) in [6.45, 7) is 5.19. The number of nitrogens with zero attached hydrogens (tertiary/aromatic N) is 2. The Bertz CT molecular complexity index is 2290. The number of hydrogen-bond acceptors (Lipinski definition) is 13. The molecule has 4 aromatic rings. The van der Waals surface area contributed by atoms with E-state index in [4.69, 9.17) is 14.9 Å². The molecule has 57 heavy (non-hydrogen) atoms. The molecule has 0 saturated heterocycles. The van der Waals surface area contributed by atoms with Gasteiger partial charge < -0.3 is 24.4 Å². The Labute approximate surface area is 325 Å². The van der Waals surface area contributed by atoms with Crippen molar-refractivity contribution < 1.29 is 47.7 Å². The fourth-order valence-electron chi connectivity index (χ4n) is 4.71. The maximum Gasteiger partial charge on any atom is 0.420 e. The van der Waals surface area contributed by atoms with E-state index < -0.39 is 36.6 Å². The maximum atomic E-state index is 12.7. The molecule has 19 nitrogen and oxygen atoms in total. The SMILES string of the molecule is COC(=O)Nc1cc(NC(=O)OC(=O)Nc2cc(N=C=Nc3ccc(CC=N)c(NC(=O)OC(=O)Nc4ccc(C)c(NC(=O)OC)c4)c3)ccc2C)ccc1C. The number of methoxy groups -OCH3 is 2. The summed E-state index contributed by atoms with van der Waals surface area (Å²) >= 11 is 0. The first-order valence-corrected chi connectivity index (χ1v) is 16.7. The molecule has 0 heterocycles. The second kappa shape index (κ2) is 19.9. The van der Waals surface area contributed by atoms with Gasteiger partial charge in [-0.15, -0.1) is 0 Å². The number of rotatable bonds is 10. The van der Waals surface area contributed by atoms with Gasteiger partial charge in [0.05, 0.1) is 25.6 Å². The summed E-state index contributed by atoms with van der Waals surface area (Å²) in [7, 11) is 2.42. The monoisotopic (exact) mass is 779 g/mol. The van der Waals surface area contributed by atoms with Crippen molar-refractivity contribution >= 4 is 94.3 Å². The minimum atomic E-state index is -1.12. The molecular weight excluding hydrogens is 742 g/mol. The molecule has 19 heteroatoms. The fourth-order valence-corrected chi connectivity index (χ4v) is 4.71. The lowest BCUT2D eigenvalue weighted by molar-refractivity contribution is 0.168. The molecule has 7 N–H and O–H groups in total. The number of aliphatic imine (C=N–C) groups is 2. The van der Waals surface area contributed by atoms with Crippen LogP contribution in [0.2, 0.25) is 0 Å². The topological polar surface area (TPSA) is 260 Å². The smallest absolute Gasteiger partial charge is 0.420 e. The molecular formula is C38H37N9O10. The molecule has 294 valence electrons. The van der Waals surface area contributed by atoms with Crippen LogP contribution in [0.25, 0.3) is 0 Å². The van der Waals surface area contributed by atoms with E-state index in [9.17, 15) is 28.8 Å². The highest BCUT2D eigenvalue weighted by atomic mass is 16.6. The molecule has 0 aromatic heterocycles. The highest BCUT2D eigenvalue weighted by Gasteiger charge is 2.16. The first kappa shape index (κ1) is 41.7. The molecule has 0 spiro atoms. The highest BCUT2D eigenvalue weighted by molar-refractivity contribution is 6.00. The molecule has 0 aliphatic heterocycles. The van der Waals surface area contributed by atoms with E-state index in [1.165, 1.54) is 38.5 Å². The third kappa shape index (κ3) is 12.8. The van der Waals surface area contributed by atoms with E-state index >= 15 is 0 Å². The van der Waals surface area contributed by atoms with Gasteiger partial charge in [-0.25, -0.2) is 28.8 Å². The molecule has 0 radical (unpaired) electrons. The van der Waals surface area contributed by atoms with Crippen molar-refractivity contribution in [2.45, 2.75) is 27.2 Å². The summed E-state index contributed by atoms with van der Waals surface area (Å²) in [6.07, 6.45) is -4.52. The zero-order valence-electron chi connectivity index (χ0n) is 31.2. The molecule has 0 fully saturated rings. The lowest BCUT2D eigenvalue weighted by atomic mass is 10.1.